The number of carbonyl (C=O) groups excluding carboxylic acids is 2. The lowest BCUT2D eigenvalue weighted by Crippen LogP contribution is -2.48. The van der Waals surface area contributed by atoms with Crippen molar-refractivity contribution in [3.8, 4) is 11.5 Å². The molecular weight excluding hydrogens is 308 g/mol. The van der Waals surface area contributed by atoms with Gasteiger partial charge in [0.05, 0.1) is 19.9 Å². The van der Waals surface area contributed by atoms with Crippen LogP contribution in [0, 0.1) is 5.41 Å². The van der Waals surface area contributed by atoms with Crippen LogP contribution in [0.4, 0.5) is 5.69 Å². The summed E-state index contributed by atoms with van der Waals surface area (Å²) in [6, 6.07) is 5.30. The first-order valence-corrected chi connectivity index (χ1v) is 8.23. The predicted molar refractivity (Wildman–Crippen MR) is 92.4 cm³/mol. The van der Waals surface area contributed by atoms with Gasteiger partial charge in [0.25, 0.3) is 0 Å². The maximum Gasteiger partial charge on any atom is 0.239 e. The standard InChI is InChI=1S/C18H26N2O4/c1-18(2,16(21)19-12-7-5-6-8-12)17(22)20-14-11-13(23-3)9-10-15(14)24-4/h9-12H,5-8H2,1-4H3,(H,19,21)(H,20,22). The molecule has 6 nitrogen and oxygen atoms in total. The summed E-state index contributed by atoms with van der Waals surface area (Å²) in [4.78, 5) is 25.2. The number of methoxy groups -OCH3 is 2. The third-order valence-corrected chi connectivity index (χ3v) is 4.48. The van der Waals surface area contributed by atoms with Crippen molar-refractivity contribution in [2.75, 3.05) is 19.5 Å². The zero-order valence-corrected chi connectivity index (χ0v) is 14.8. The number of hydrogen-bond donors (Lipinski definition) is 2. The Labute approximate surface area is 142 Å². The third-order valence-electron chi connectivity index (χ3n) is 4.48. The summed E-state index contributed by atoms with van der Waals surface area (Å²) < 4.78 is 10.4. The lowest BCUT2D eigenvalue weighted by Gasteiger charge is -2.25. The minimum absolute atomic E-state index is 0.177. The second-order valence-corrected chi connectivity index (χ2v) is 6.60. The van der Waals surface area contributed by atoms with E-state index in [-0.39, 0.29) is 17.9 Å². The SMILES string of the molecule is COc1ccc(OC)c(NC(=O)C(C)(C)C(=O)NC2CCCC2)c1. The van der Waals surface area contributed by atoms with Gasteiger partial charge in [0.2, 0.25) is 11.8 Å². The molecule has 2 amide bonds. The van der Waals surface area contributed by atoms with Crippen LogP contribution in [0.1, 0.15) is 39.5 Å². The molecule has 0 atom stereocenters. The quantitative estimate of drug-likeness (QED) is 0.784. The predicted octanol–water partition coefficient (Wildman–Crippen LogP) is 2.73. The van der Waals surface area contributed by atoms with Crippen molar-refractivity contribution in [2.45, 2.75) is 45.6 Å². The van der Waals surface area contributed by atoms with E-state index < -0.39 is 5.41 Å². The van der Waals surface area contributed by atoms with E-state index in [1.165, 1.54) is 7.11 Å². The van der Waals surface area contributed by atoms with Gasteiger partial charge in [-0.2, -0.15) is 0 Å². The van der Waals surface area contributed by atoms with Crippen LogP contribution >= 0.6 is 0 Å². The van der Waals surface area contributed by atoms with Gasteiger partial charge in [-0.05, 0) is 38.8 Å². The Morgan fingerprint density at radius 1 is 1.08 bits per heavy atom. The highest BCUT2D eigenvalue weighted by atomic mass is 16.5. The lowest BCUT2D eigenvalue weighted by atomic mass is 9.90. The third kappa shape index (κ3) is 3.99. The molecule has 1 aliphatic rings. The molecule has 1 aromatic rings. The summed E-state index contributed by atoms with van der Waals surface area (Å²) in [5, 5.41) is 5.76. The topological polar surface area (TPSA) is 76.7 Å². The van der Waals surface area contributed by atoms with Crippen molar-refractivity contribution in [3.63, 3.8) is 0 Å². The Balaban J connectivity index is 2.10. The molecule has 2 rings (SSSR count). The Bertz CT molecular complexity index is 607. The molecule has 0 radical (unpaired) electrons. The van der Waals surface area contributed by atoms with E-state index in [0.29, 0.717) is 17.2 Å². The van der Waals surface area contributed by atoms with Gasteiger partial charge in [0.15, 0.2) is 0 Å². The average Bonchev–Trinajstić information content (AvgIpc) is 3.07. The highest BCUT2D eigenvalue weighted by Crippen LogP contribution is 2.31. The number of rotatable bonds is 6. The number of nitrogens with one attached hydrogen (secondary N) is 2. The molecule has 1 fully saturated rings. The number of hydrogen-bond acceptors (Lipinski definition) is 4. The van der Waals surface area contributed by atoms with Crippen molar-refractivity contribution in [1.82, 2.24) is 5.32 Å². The van der Waals surface area contributed by atoms with Crippen molar-refractivity contribution in [3.05, 3.63) is 18.2 Å². The molecule has 2 N–H and O–H groups in total. The molecule has 0 heterocycles. The Hall–Kier alpha value is -2.24. The van der Waals surface area contributed by atoms with Crippen LogP contribution in [-0.4, -0.2) is 32.1 Å². The van der Waals surface area contributed by atoms with Gasteiger partial charge in [-0.1, -0.05) is 12.8 Å². The monoisotopic (exact) mass is 334 g/mol. The molecule has 0 aromatic heterocycles. The summed E-state index contributed by atoms with van der Waals surface area (Å²) in [6.45, 7) is 3.25. The summed E-state index contributed by atoms with van der Waals surface area (Å²) >= 11 is 0. The van der Waals surface area contributed by atoms with E-state index in [1.807, 2.05) is 0 Å². The van der Waals surface area contributed by atoms with E-state index in [9.17, 15) is 9.59 Å². The summed E-state index contributed by atoms with van der Waals surface area (Å²) in [7, 11) is 3.07. The lowest BCUT2D eigenvalue weighted by molar-refractivity contribution is -0.138. The highest BCUT2D eigenvalue weighted by Gasteiger charge is 2.37. The van der Waals surface area contributed by atoms with E-state index in [1.54, 1.807) is 39.2 Å². The summed E-state index contributed by atoms with van der Waals surface area (Å²) in [5.74, 6) is 0.466. The molecule has 132 valence electrons. The van der Waals surface area contributed by atoms with Crippen LogP contribution in [0.3, 0.4) is 0 Å². The van der Waals surface area contributed by atoms with E-state index in [2.05, 4.69) is 10.6 Å². The van der Waals surface area contributed by atoms with Gasteiger partial charge in [-0.15, -0.1) is 0 Å². The van der Waals surface area contributed by atoms with Gasteiger partial charge < -0.3 is 20.1 Å². The van der Waals surface area contributed by atoms with Gasteiger partial charge in [0, 0.05) is 12.1 Å². The first kappa shape index (κ1) is 18.1. The number of benzene rings is 1. The van der Waals surface area contributed by atoms with E-state index in [0.717, 1.165) is 25.7 Å². The smallest absolute Gasteiger partial charge is 0.239 e. The fourth-order valence-electron chi connectivity index (χ4n) is 2.73. The van der Waals surface area contributed by atoms with Crippen molar-refractivity contribution in [2.24, 2.45) is 5.41 Å². The van der Waals surface area contributed by atoms with E-state index >= 15 is 0 Å². The van der Waals surface area contributed by atoms with Crippen molar-refractivity contribution < 1.29 is 19.1 Å². The molecule has 0 spiro atoms. The molecular formula is C18H26N2O4. The van der Waals surface area contributed by atoms with Crippen LogP contribution in [0.5, 0.6) is 11.5 Å². The first-order chi connectivity index (χ1) is 11.4. The molecule has 1 saturated carbocycles. The second-order valence-electron chi connectivity index (χ2n) is 6.60. The Kier molecular flexibility index (Phi) is 5.70. The van der Waals surface area contributed by atoms with Crippen LogP contribution in [-0.2, 0) is 9.59 Å². The number of anilines is 1. The Morgan fingerprint density at radius 3 is 2.33 bits per heavy atom. The summed E-state index contributed by atoms with van der Waals surface area (Å²) in [5.41, 5.74) is -0.708. The van der Waals surface area contributed by atoms with Gasteiger partial charge >= 0.3 is 0 Å². The number of ether oxygens (including phenoxy) is 2. The van der Waals surface area contributed by atoms with E-state index in [4.69, 9.17) is 9.47 Å². The highest BCUT2D eigenvalue weighted by molar-refractivity contribution is 6.10. The second kappa shape index (κ2) is 7.55. The Morgan fingerprint density at radius 2 is 1.75 bits per heavy atom. The molecule has 0 aliphatic heterocycles. The maximum atomic E-state index is 12.6. The van der Waals surface area contributed by atoms with Crippen molar-refractivity contribution in [1.29, 1.82) is 0 Å². The van der Waals surface area contributed by atoms with Crippen LogP contribution in [0.2, 0.25) is 0 Å². The van der Waals surface area contributed by atoms with Crippen molar-refractivity contribution >= 4 is 17.5 Å². The number of carbonyl (C=O) groups is 2. The van der Waals surface area contributed by atoms with Crippen LogP contribution < -0.4 is 20.1 Å². The van der Waals surface area contributed by atoms with Gasteiger partial charge in [-0.25, -0.2) is 0 Å². The molecule has 1 aliphatic carbocycles. The van der Waals surface area contributed by atoms with Gasteiger partial charge in [-0.3, -0.25) is 9.59 Å². The normalized spacial score (nSPS) is 15.0. The van der Waals surface area contributed by atoms with Crippen LogP contribution in [0.15, 0.2) is 18.2 Å². The molecule has 1 aromatic carbocycles. The maximum absolute atomic E-state index is 12.6. The van der Waals surface area contributed by atoms with Crippen LogP contribution in [0.25, 0.3) is 0 Å². The fourth-order valence-corrected chi connectivity index (χ4v) is 2.73. The molecule has 0 saturated heterocycles. The summed E-state index contributed by atoms with van der Waals surface area (Å²) in [6.07, 6.45) is 4.21. The zero-order valence-electron chi connectivity index (χ0n) is 14.8. The molecule has 0 bridgehead atoms. The fraction of sp³-hybridized carbons (Fsp3) is 0.556. The number of amides is 2. The van der Waals surface area contributed by atoms with Gasteiger partial charge in [0.1, 0.15) is 16.9 Å². The molecule has 24 heavy (non-hydrogen) atoms. The molecule has 6 heteroatoms. The minimum Gasteiger partial charge on any atom is -0.497 e. The average molecular weight is 334 g/mol. The zero-order chi connectivity index (χ0) is 17.7. The molecule has 0 unspecified atom stereocenters. The largest absolute Gasteiger partial charge is 0.497 e. The minimum atomic E-state index is -1.18. The first-order valence-electron chi connectivity index (χ1n) is 8.23.